The van der Waals surface area contributed by atoms with Gasteiger partial charge in [-0.05, 0) is 79.0 Å². The topological polar surface area (TPSA) is 93.6 Å². The van der Waals surface area contributed by atoms with Gasteiger partial charge in [0.1, 0.15) is 0 Å². The van der Waals surface area contributed by atoms with Gasteiger partial charge in [0.25, 0.3) is 0 Å². The van der Waals surface area contributed by atoms with Crippen molar-refractivity contribution in [1.29, 1.82) is 0 Å². The second kappa shape index (κ2) is 10.5. The van der Waals surface area contributed by atoms with E-state index in [-0.39, 0.29) is 46.8 Å². The first-order valence-corrected chi connectivity index (χ1v) is 16.1. The molecule has 6 unspecified atom stereocenters. The Kier molecular flexibility index (Phi) is 6.59. The summed E-state index contributed by atoms with van der Waals surface area (Å²) in [5, 5.41) is 1.05. The molecule has 4 aromatic rings. The largest absolute Gasteiger partial charge is 0.454 e. The Bertz CT molecular complexity index is 1950. The zero-order chi connectivity index (χ0) is 31.1. The van der Waals surface area contributed by atoms with Crippen LogP contribution in [0.1, 0.15) is 32.7 Å². The number of amides is 2. The molecule has 2 bridgehead atoms. The lowest BCUT2D eigenvalue weighted by molar-refractivity contribution is -0.124. The summed E-state index contributed by atoms with van der Waals surface area (Å²) in [7, 11) is 0. The minimum atomic E-state index is -0.662. The van der Waals surface area contributed by atoms with Crippen molar-refractivity contribution in [3.05, 3.63) is 105 Å². The Morgan fingerprint density at radius 3 is 2.22 bits per heavy atom. The molecule has 2 amide bonds. The average Bonchev–Trinajstić information content (AvgIpc) is 3.84. The fraction of sp³-hybridized carbons (Fsp3) is 0.250. The van der Waals surface area contributed by atoms with Gasteiger partial charge in [0.15, 0.2) is 12.4 Å². The molecule has 0 N–H and O–H groups in total. The summed E-state index contributed by atoms with van der Waals surface area (Å²) in [6.07, 6.45) is 5.44. The molecule has 2 saturated carbocycles. The van der Waals surface area contributed by atoms with Gasteiger partial charge in [0.05, 0.1) is 34.3 Å². The summed E-state index contributed by atoms with van der Waals surface area (Å²) in [6, 6.07) is 19.0. The molecule has 5 aliphatic rings. The molecule has 0 radical (unpaired) electrons. The zero-order valence-electron chi connectivity index (χ0n) is 24.1. The van der Waals surface area contributed by atoms with E-state index < -0.39 is 12.6 Å². The maximum absolute atomic E-state index is 13.6. The number of imide groups is 1. The summed E-state index contributed by atoms with van der Waals surface area (Å²) in [5.41, 5.74) is 3.61. The number of halogens is 2. The van der Waals surface area contributed by atoms with Crippen molar-refractivity contribution in [3.8, 4) is 11.3 Å². The van der Waals surface area contributed by atoms with Crippen molar-refractivity contribution < 1.29 is 23.9 Å². The second-order valence-corrected chi connectivity index (χ2v) is 13.7. The van der Waals surface area contributed by atoms with Gasteiger partial charge >= 0.3 is 5.97 Å². The number of hydrogen-bond donors (Lipinski definition) is 0. The number of benzene rings is 3. The number of carbonyl (C=O) groups excluding carboxylic acids is 4. The van der Waals surface area contributed by atoms with Gasteiger partial charge in [0.2, 0.25) is 11.8 Å². The number of pyridine rings is 1. The summed E-state index contributed by atoms with van der Waals surface area (Å²) in [6.45, 7) is 1.41. The van der Waals surface area contributed by atoms with Crippen LogP contribution < -0.4 is 4.90 Å². The van der Waals surface area contributed by atoms with Crippen LogP contribution in [-0.2, 0) is 14.3 Å². The number of carbonyl (C=O) groups is 4. The molecule has 45 heavy (non-hydrogen) atoms. The van der Waals surface area contributed by atoms with Crippen molar-refractivity contribution in [2.75, 3.05) is 11.5 Å². The number of ketones is 1. The van der Waals surface area contributed by atoms with Crippen LogP contribution in [0.4, 0.5) is 5.69 Å². The van der Waals surface area contributed by atoms with Gasteiger partial charge in [-0.15, -0.1) is 0 Å². The monoisotopic (exact) mass is 680 g/mol. The molecule has 9 rings (SSSR count). The summed E-state index contributed by atoms with van der Waals surface area (Å²) in [5.74, 6) is -0.354. The molecule has 224 valence electrons. The van der Waals surface area contributed by atoms with Crippen molar-refractivity contribution in [3.63, 3.8) is 0 Å². The first-order valence-electron chi connectivity index (χ1n) is 14.9. The van der Waals surface area contributed by atoms with Crippen LogP contribution in [0.3, 0.4) is 0 Å². The van der Waals surface area contributed by atoms with Crippen molar-refractivity contribution in [2.45, 2.75) is 13.3 Å². The van der Waals surface area contributed by atoms with Crippen molar-refractivity contribution >= 4 is 67.7 Å². The first-order chi connectivity index (χ1) is 21.7. The summed E-state index contributed by atoms with van der Waals surface area (Å²) in [4.78, 5) is 59.5. The smallest absolute Gasteiger partial charge is 0.339 e. The van der Waals surface area contributed by atoms with Gasteiger partial charge in [-0.25, -0.2) is 9.78 Å². The molecule has 7 nitrogen and oxygen atoms in total. The second-order valence-electron chi connectivity index (χ2n) is 12.3. The SMILES string of the molecule is Cc1c(Cl)ccc2c(C(=O)OCC(=O)c3ccc(Br)cc3)cc(-c3ccc(N4C(=O)C5C6C=CC(C7CC67)C5C4=O)cc3)nc12. The van der Waals surface area contributed by atoms with E-state index in [0.717, 1.165) is 10.9 Å². The lowest BCUT2D eigenvalue weighted by Gasteiger charge is -2.37. The fourth-order valence-corrected chi connectivity index (χ4v) is 8.06. The lowest BCUT2D eigenvalue weighted by Crippen LogP contribution is -2.40. The van der Waals surface area contributed by atoms with Crippen LogP contribution in [0.25, 0.3) is 22.2 Å². The highest BCUT2D eigenvalue weighted by Gasteiger charge is 2.67. The molecule has 9 heteroatoms. The van der Waals surface area contributed by atoms with Gasteiger partial charge in [-0.1, -0.05) is 70.0 Å². The Morgan fingerprint density at radius 1 is 0.933 bits per heavy atom. The highest BCUT2D eigenvalue weighted by molar-refractivity contribution is 9.10. The minimum absolute atomic E-state index is 0.112. The molecule has 2 heterocycles. The van der Waals surface area contributed by atoms with Crippen LogP contribution in [0.15, 0.2) is 83.4 Å². The number of nitrogens with zero attached hydrogens (tertiary/aromatic N) is 2. The van der Waals surface area contributed by atoms with E-state index in [2.05, 4.69) is 28.1 Å². The average molecular weight is 682 g/mol. The maximum Gasteiger partial charge on any atom is 0.339 e. The molecular formula is C36H26BrClN2O5. The van der Waals surface area contributed by atoms with Gasteiger partial charge in [0, 0.05) is 26.0 Å². The summed E-state index contributed by atoms with van der Waals surface area (Å²) < 4.78 is 6.32. The van der Waals surface area contributed by atoms with Gasteiger partial charge in [-0.2, -0.15) is 0 Å². The normalized spacial score (nSPS) is 25.8. The molecule has 6 atom stereocenters. The Balaban J connectivity index is 1.09. The predicted molar refractivity (Wildman–Crippen MR) is 173 cm³/mol. The van der Waals surface area contributed by atoms with Crippen LogP contribution >= 0.6 is 27.5 Å². The third kappa shape index (κ3) is 4.49. The number of rotatable bonds is 6. The molecule has 4 aliphatic carbocycles. The molecule has 1 saturated heterocycles. The molecular weight excluding hydrogens is 656 g/mol. The number of Topliss-reactive ketones (excluding diaryl/α,β-unsaturated/α-hetero) is 1. The van der Waals surface area contributed by atoms with Gasteiger partial charge in [-0.3, -0.25) is 19.3 Å². The Labute approximate surface area is 272 Å². The summed E-state index contributed by atoms with van der Waals surface area (Å²) >= 11 is 9.78. The zero-order valence-corrected chi connectivity index (χ0v) is 26.4. The third-order valence-corrected chi connectivity index (χ3v) is 10.9. The number of aromatic nitrogens is 1. The third-order valence-electron chi connectivity index (χ3n) is 9.97. The molecule has 1 aliphatic heterocycles. The van der Waals surface area contributed by atoms with E-state index in [9.17, 15) is 19.2 Å². The van der Waals surface area contributed by atoms with Crippen LogP contribution in [0.2, 0.25) is 5.02 Å². The van der Waals surface area contributed by atoms with Crippen LogP contribution in [-0.4, -0.2) is 35.2 Å². The number of anilines is 1. The number of esters is 1. The van der Waals surface area contributed by atoms with E-state index in [1.165, 1.54) is 4.90 Å². The molecule has 1 aromatic heterocycles. The number of ether oxygens (including phenoxy) is 1. The standard InChI is InChI=1S/C36H26BrClN2O5/c1-17-28(38)13-12-24-27(36(44)45-16-30(41)19-2-6-20(37)7-3-19)15-29(39-33(17)24)18-4-8-21(9-5-18)40-34(42)31-22-10-11-23(26-14-25(22)26)32(31)35(40)43/h2-13,15,22-23,25-26,31-32H,14,16H2,1H3. The van der Waals surface area contributed by atoms with Crippen LogP contribution in [0, 0.1) is 42.4 Å². The van der Waals surface area contributed by atoms with E-state index >= 15 is 0 Å². The number of hydrogen-bond acceptors (Lipinski definition) is 6. The lowest BCUT2D eigenvalue weighted by atomic mass is 9.63. The highest BCUT2D eigenvalue weighted by Crippen LogP contribution is 2.65. The Morgan fingerprint density at radius 2 is 1.58 bits per heavy atom. The number of aryl methyl sites for hydroxylation is 1. The van der Waals surface area contributed by atoms with Gasteiger partial charge < -0.3 is 4.74 Å². The Hall–Kier alpha value is -4.14. The van der Waals surface area contributed by atoms with E-state index in [0.29, 0.717) is 55.8 Å². The number of fused-ring (bicyclic) bond motifs is 1. The first kappa shape index (κ1) is 28.3. The van der Waals surface area contributed by atoms with Crippen molar-refractivity contribution in [2.24, 2.45) is 35.5 Å². The molecule has 3 aromatic carbocycles. The quantitative estimate of drug-likeness (QED) is 0.0924. The fourth-order valence-electron chi connectivity index (χ4n) is 7.64. The molecule has 0 spiro atoms. The number of allylic oxidation sites excluding steroid dienone is 2. The maximum atomic E-state index is 13.6. The van der Waals surface area contributed by atoms with E-state index in [1.54, 1.807) is 66.7 Å². The molecule has 3 fully saturated rings. The predicted octanol–water partition coefficient (Wildman–Crippen LogP) is 7.22. The minimum Gasteiger partial charge on any atom is -0.454 e. The van der Waals surface area contributed by atoms with Crippen molar-refractivity contribution in [1.82, 2.24) is 4.98 Å². The van der Waals surface area contributed by atoms with E-state index in [4.69, 9.17) is 21.3 Å². The van der Waals surface area contributed by atoms with E-state index in [1.807, 2.05) is 6.92 Å². The van der Waals surface area contributed by atoms with Crippen LogP contribution in [0.5, 0.6) is 0 Å². The highest BCUT2D eigenvalue weighted by atomic mass is 79.9.